The van der Waals surface area contributed by atoms with Gasteiger partial charge in [-0.2, -0.15) is 0 Å². The van der Waals surface area contributed by atoms with E-state index in [1.807, 2.05) is 0 Å². The van der Waals surface area contributed by atoms with Crippen molar-refractivity contribution in [2.24, 2.45) is 11.1 Å². The van der Waals surface area contributed by atoms with Crippen LogP contribution in [0.5, 0.6) is 0 Å². The molecule has 5 nitrogen and oxygen atoms in total. The van der Waals surface area contributed by atoms with Crippen molar-refractivity contribution in [1.29, 1.82) is 0 Å². The number of nitrogens with two attached hydrogens (primary N) is 1. The predicted octanol–water partition coefficient (Wildman–Crippen LogP) is 2.49. The molecule has 0 bridgehead atoms. The zero-order chi connectivity index (χ0) is 18.7. The molecule has 0 radical (unpaired) electrons. The van der Waals surface area contributed by atoms with Crippen molar-refractivity contribution in [2.75, 3.05) is 18.0 Å². The summed E-state index contributed by atoms with van der Waals surface area (Å²) in [7, 11) is 0. The first-order valence-electron chi connectivity index (χ1n) is 9.21. The van der Waals surface area contributed by atoms with E-state index in [0.29, 0.717) is 19.4 Å². The molecule has 1 saturated heterocycles. The standard InChI is InChI=1S/C19H25F2N3O2/c20-13-5-4-6-14(21)17(13)24-10-7-15(18(24)26)23-16(25)11-19(12-22)8-2-1-3-9-19/h4-6,15H,1-3,7-12,22H2,(H,23,25). The molecular formula is C19H25F2N3O2. The highest BCUT2D eigenvalue weighted by atomic mass is 19.1. The van der Waals surface area contributed by atoms with Crippen molar-refractivity contribution in [3.05, 3.63) is 29.8 Å². The highest BCUT2D eigenvalue weighted by Crippen LogP contribution is 2.38. The van der Waals surface area contributed by atoms with Gasteiger partial charge >= 0.3 is 0 Å². The molecule has 0 aromatic heterocycles. The van der Waals surface area contributed by atoms with Crippen molar-refractivity contribution >= 4 is 17.5 Å². The first-order valence-corrected chi connectivity index (χ1v) is 9.21. The molecule has 26 heavy (non-hydrogen) atoms. The van der Waals surface area contributed by atoms with Gasteiger partial charge < -0.3 is 16.0 Å². The Morgan fingerprint density at radius 2 is 1.88 bits per heavy atom. The maximum atomic E-state index is 13.9. The van der Waals surface area contributed by atoms with E-state index >= 15 is 0 Å². The third-order valence-electron chi connectivity index (χ3n) is 5.63. The zero-order valence-electron chi connectivity index (χ0n) is 14.8. The van der Waals surface area contributed by atoms with Crippen LogP contribution < -0.4 is 16.0 Å². The Bertz CT molecular complexity index is 669. The third kappa shape index (κ3) is 3.72. The fraction of sp³-hybridized carbons (Fsp3) is 0.579. The monoisotopic (exact) mass is 365 g/mol. The Labute approximate surface area is 151 Å². The van der Waals surface area contributed by atoms with E-state index in [4.69, 9.17) is 5.73 Å². The number of benzene rings is 1. The topological polar surface area (TPSA) is 75.4 Å². The smallest absolute Gasteiger partial charge is 0.249 e. The largest absolute Gasteiger partial charge is 0.344 e. The van der Waals surface area contributed by atoms with E-state index in [2.05, 4.69) is 5.32 Å². The lowest BCUT2D eigenvalue weighted by molar-refractivity contribution is -0.128. The summed E-state index contributed by atoms with van der Waals surface area (Å²) in [6, 6.07) is 2.74. The first-order chi connectivity index (χ1) is 12.5. The van der Waals surface area contributed by atoms with Gasteiger partial charge in [-0.05, 0) is 43.4 Å². The van der Waals surface area contributed by atoms with Gasteiger partial charge in [0.2, 0.25) is 11.8 Å². The number of carbonyl (C=O) groups is 2. The molecule has 1 unspecified atom stereocenters. The summed E-state index contributed by atoms with van der Waals surface area (Å²) in [6.07, 6.45) is 5.74. The Kier molecular flexibility index (Phi) is 5.55. The van der Waals surface area contributed by atoms with Crippen LogP contribution in [0.15, 0.2) is 18.2 Å². The van der Waals surface area contributed by atoms with Crippen molar-refractivity contribution in [2.45, 2.75) is 51.0 Å². The summed E-state index contributed by atoms with van der Waals surface area (Å²) in [5.74, 6) is -2.26. The molecular weight excluding hydrogens is 340 g/mol. The van der Waals surface area contributed by atoms with Crippen LogP contribution in [0.3, 0.4) is 0 Å². The molecule has 2 aliphatic rings. The van der Waals surface area contributed by atoms with E-state index in [1.165, 1.54) is 6.07 Å². The van der Waals surface area contributed by atoms with Gasteiger partial charge in [0.1, 0.15) is 23.4 Å². The van der Waals surface area contributed by atoms with Gasteiger partial charge in [-0.3, -0.25) is 9.59 Å². The molecule has 0 spiro atoms. The predicted molar refractivity (Wildman–Crippen MR) is 94.4 cm³/mol. The van der Waals surface area contributed by atoms with Crippen LogP contribution in [0.2, 0.25) is 0 Å². The maximum Gasteiger partial charge on any atom is 0.249 e. The first kappa shape index (κ1) is 18.8. The van der Waals surface area contributed by atoms with Crippen molar-refractivity contribution in [3.63, 3.8) is 0 Å². The zero-order valence-corrected chi connectivity index (χ0v) is 14.8. The fourth-order valence-electron chi connectivity index (χ4n) is 4.12. The summed E-state index contributed by atoms with van der Waals surface area (Å²) >= 11 is 0. The second-order valence-electron chi connectivity index (χ2n) is 7.41. The van der Waals surface area contributed by atoms with Crippen molar-refractivity contribution < 1.29 is 18.4 Å². The fourth-order valence-corrected chi connectivity index (χ4v) is 4.12. The minimum absolute atomic E-state index is 0.170. The van der Waals surface area contributed by atoms with Gasteiger partial charge in [0.05, 0.1) is 0 Å². The van der Waals surface area contributed by atoms with E-state index in [-0.39, 0.29) is 23.6 Å². The van der Waals surface area contributed by atoms with Gasteiger partial charge in [-0.25, -0.2) is 8.78 Å². The van der Waals surface area contributed by atoms with Crippen LogP contribution >= 0.6 is 0 Å². The molecule has 1 heterocycles. The maximum absolute atomic E-state index is 13.9. The Morgan fingerprint density at radius 3 is 2.50 bits per heavy atom. The summed E-state index contributed by atoms with van der Waals surface area (Å²) in [4.78, 5) is 26.1. The van der Waals surface area contributed by atoms with E-state index in [9.17, 15) is 18.4 Å². The Hall–Kier alpha value is -2.02. The van der Waals surface area contributed by atoms with Crippen LogP contribution in [-0.2, 0) is 9.59 Å². The normalized spacial score (nSPS) is 22.5. The van der Waals surface area contributed by atoms with Crippen LogP contribution in [0.4, 0.5) is 14.5 Å². The van der Waals surface area contributed by atoms with Gasteiger partial charge in [0, 0.05) is 13.0 Å². The molecule has 1 aromatic carbocycles. The van der Waals surface area contributed by atoms with E-state index < -0.39 is 23.6 Å². The average molecular weight is 365 g/mol. The molecule has 1 aromatic rings. The molecule has 1 saturated carbocycles. The number of anilines is 1. The number of halogens is 2. The molecule has 3 N–H and O–H groups in total. The van der Waals surface area contributed by atoms with Gasteiger partial charge in [-0.15, -0.1) is 0 Å². The molecule has 2 amide bonds. The number of nitrogens with one attached hydrogen (secondary N) is 1. The lowest BCUT2D eigenvalue weighted by Crippen LogP contribution is -2.45. The summed E-state index contributed by atoms with van der Waals surface area (Å²) in [5.41, 5.74) is 5.37. The number of hydrogen-bond acceptors (Lipinski definition) is 3. The highest BCUT2D eigenvalue weighted by Gasteiger charge is 2.38. The van der Waals surface area contributed by atoms with Crippen LogP contribution in [0, 0.1) is 17.0 Å². The quantitative estimate of drug-likeness (QED) is 0.842. The minimum atomic E-state index is -0.783. The summed E-state index contributed by atoms with van der Waals surface area (Å²) in [5, 5.41) is 2.74. The number of para-hydroxylation sites is 1. The third-order valence-corrected chi connectivity index (χ3v) is 5.63. The molecule has 3 rings (SSSR count). The minimum Gasteiger partial charge on any atom is -0.344 e. The summed E-state index contributed by atoms with van der Waals surface area (Å²) < 4.78 is 27.9. The molecule has 7 heteroatoms. The van der Waals surface area contributed by atoms with Gasteiger partial charge in [0.25, 0.3) is 0 Å². The highest BCUT2D eigenvalue weighted by molar-refractivity contribution is 6.01. The number of amides is 2. The van der Waals surface area contributed by atoms with Crippen molar-refractivity contribution in [3.8, 4) is 0 Å². The van der Waals surface area contributed by atoms with Crippen LogP contribution in [0.25, 0.3) is 0 Å². The number of rotatable bonds is 5. The molecule has 2 fully saturated rings. The SMILES string of the molecule is NCC1(CC(=O)NC2CCN(c3c(F)cccc3F)C2=O)CCCCC1. The van der Waals surface area contributed by atoms with E-state index in [1.54, 1.807) is 0 Å². The molecule has 1 atom stereocenters. The van der Waals surface area contributed by atoms with Crippen molar-refractivity contribution in [1.82, 2.24) is 5.32 Å². The number of carbonyl (C=O) groups excluding carboxylic acids is 2. The Balaban J connectivity index is 1.64. The van der Waals surface area contributed by atoms with Gasteiger partial charge in [-0.1, -0.05) is 25.3 Å². The molecule has 1 aliphatic carbocycles. The molecule has 142 valence electrons. The average Bonchev–Trinajstić information content (AvgIpc) is 2.96. The van der Waals surface area contributed by atoms with E-state index in [0.717, 1.165) is 49.1 Å². The number of hydrogen-bond donors (Lipinski definition) is 2. The lowest BCUT2D eigenvalue weighted by atomic mass is 9.71. The number of nitrogens with zero attached hydrogens (tertiary/aromatic N) is 1. The lowest BCUT2D eigenvalue weighted by Gasteiger charge is -2.35. The molecule has 1 aliphatic heterocycles. The second kappa shape index (κ2) is 7.70. The van der Waals surface area contributed by atoms with Gasteiger partial charge in [0.15, 0.2) is 0 Å². The summed E-state index contributed by atoms with van der Waals surface area (Å²) in [6.45, 7) is 0.620. The van der Waals surface area contributed by atoms with Crippen LogP contribution in [-0.4, -0.2) is 30.9 Å². The Morgan fingerprint density at radius 1 is 1.23 bits per heavy atom. The van der Waals surface area contributed by atoms with Crippen LogP contribution in [0.1, 0.15) is 44.9 Å². The second-order valence-corrected chi connectivity index (χ2v) is 7.41.